The molecule has 2 aromatic carbocycles. The van der Waals surface area contributed by atoms with Crippen LogP contribution in [0.2, 0.25) is 0 Å². The van der Waals surface area contributed by atoms with Crippen molar-refractivity contribution in [2.75, 3.05) is 21.9 Å². The molecule has 2 heterocycles. The number of nitrogens with one attached hydrogen (secondary N) is 1. The van der Waals surface area contributed by atoms with Gasteiger partial charge in [-0.05, 0) is 49.2 Å². The second-order valence-electron chi connectivity index (χ2n) is 6.58. The van der Waals surface area contributed by atoms with Crippen LogP contribution in [-0.2, 0) is 10.0 Å². The molecule has 1 aliphatic rings. The first-order chi connectivity index (χ1) is 13.4. The van der Waals surface area contributed by atoms with E-state index >= 15 is 0 Å². The molecule has 0 atom stereocenters. The molecule has 0 unspecified atom stereocenters. The van der Waals surface area contributed by atoms with Gasteiger partial charge in [-0.25, -0.2) is 13.2 Å². The van der Waals surface area contributed by atoms with Gasteiger partial charge in [-0.3, -0.25) is 9.10 Å². The van der Waals surface area contributed by atoms with Crippen molar-refractivity contribution in [3.8, 4) is 0 Å². The van der Waals surface area contributed by atoms with E-state index in [0.29, 0.717) is 35.3 Å². The van der Waals surface area contributed by atoms with Gasteiger partial charge in [0.05, 0.1) is 11.4 Å². The van der Waals surface area contributed by atoms with E-state index in [2.05, 4.69) is 5.32 Å². The number of amides is 1. The van der Waals surface area contributed by atoms with Gasteiger partial charge in [0.1, 0.15) is 11.1 Å². The SMILES string of the molecule is O=C(Nc1ccc(N2CCCCS2(=O)=O)cc1)c1cc2ccccc2oc1=O. The number of sulfonamides is 1. The molecule has 28 heavy (non-hydrogen) atoms. The molecule has 1 aromatic heterocycles. The summed E-state index contributed by atoms with van der Waals surface area (Å²) in [4.78, 5) is 24.6. The number of carbonyl (C=O) groups is 1. The Morgan fingerprint density at radius 1 is 1.04 bits per heavy atom. The molecule has 144 valence electrons. The van der Waals surface area contributed by atoms with Gasteiger partial charge in [0, 0.05) is 17.6 Å². The second kappa shape index (κ2) is 7.12. The number of carbonyl (C=O) groups excluding carboxylic acids is 1. The summed E-state index contributed by atoms with van der Waals surface area (Å²) in [5.74, 6) is -0.443. The molecule has 0 radical (unpaired) electrons. The highest BCUT2D eigenvalue weighted by Gasteiger charge is 2.25. The number of fused-ring (bicyclic) bond motifs is 1. The summed E-state index contributed by atoms with van der Waals surface area (Å²) in [7, 11) is -3.29. The maximum absolute atomic E-state index is 12.5. The van der Waals surface area contributed by atoms with Crippen molar-refractivity contribution >= 4 is 38.3 Å². The van der Waals surface area contributed by atoms with E-state index in [1.807, 2.05) is 0 Å². The smallest absolute Gasteiger partial charge is 0.349 e. The molecular weight excluding hydrogens is 380 g/mol. The van der Waals surface area contributed by atoms with Crippen LogP contribution in [0, 0.1) is 0 Å². The molecule has 8 heteroatoms. The molecule has 0 saturated carbocycles. The van der Waals surface area contributed by atoms with E-state index in [-0.39, 0.29) is 11.3 Å². The van der Waals surface area contributed by atoms with Crippen LogP contribution in [-0.4, -0.2) is 26.6 Å². The first kappa shape index (κ1) is 18.2. The van der Waals surface area contributed by atoms with Crippen molar-refractivity contribution in [1.29, 1.82) is 0 Å². The van der Waals surface area contributed by atoms with Gasteiger partial charge in [-0.1, -0.05) is 18.2 Å². The number of benzene rings is 2. The summed E-state index contributed by atoms with van der Waals surface area (Å²) >= 11 is 0. The fourth-order valence-corrected chi connectivity index (χ4v) is 4.85. The standard InChI is InChI=1S/C20H18N2O5S/c23-19(17-13-14-5-1-2-6-18(14)27-20(17)24)21-15-7-9-16(10-8-15)22-11-3-4-12-28(22,25)26/h1-2,5-10,13H,3-4,11-12H2,(H,21,23). The van der Waals surface area contributed by atoms with Crippen LogP contribution in [0.25, 0.3) is 11.0 Å². The normalized spacial score (nSPS) is 16.1. The third kappa shape index (κ3) is 3.50. The van der Waals surface area contributed by atoms with E-state index in [1.54, 1.807) is 48.5 Å². The van der Waals surface area contributed by atoms with Crippen LogP contribution < -0.4 is 15.2 Å². The maximum atomic E-state index is 12.5. The largest absolute Gasteiger partial charge is 0.422 e. The maximum Gasteiger partial charge on any atom is 0.349 e. The summed E-state index contributed by atoms with van der Waals surface area (Å²) in [5, 5.41) is 3.30. The highest BCUT2D eigenvalue weighted by molar-refractivity contribution is 7.92. The number of hydrogen-bond acceptors (Lipinski definition) is 5. The van der Waals surface area contributed by atoms with Gasteiger partial charge in [0.25, 0.3) is 5.91 Å². The van der Waals surface area contributed by atoms with Crippen molar-refractivity contribution in [3.05, 3.63) is 70.6 Å². The lowest BCUT2D eigenvalue weighted by Gasteiger charge is -2.28. The summed E-state index contributed by atoms with van der Waals surface area (Å²) in [6, 6.07) is 14.9. The zero-order chi connectivity index (χ0) is 19.7. The van der Waals surface area contributed by atoms with Gasteiger partial charge in [0.2, 0.25) is 10.0 Å². The number of hydrogen-bond donors (Lipinski definition) is 1. The summed E-state index contributed by atoms with van der Waals surface area (Å²) in [5.41, 5.74) is 0.614. The summed E-state index contributed by atoms with van der Waals surface area (Å²) in [6.07, 6.45) is 1.48. The monoisotopic (exact) mass is 398 g/mol. The fraction of sp³-hybridized carbons (Fsp3) is 0.200. The zero-order valence-electron chi connectivity index (χ0n) is 14.9. The van der Waals surface area contributed by atoms with Crippen LogP contribution >= 0.6 is 0 Å². The van der Waals surface area contributed by atoms with Gasteiger partial charge in [0.15, 0.2) is 0 Å². The fourth-order valence-electron chi connectivity index (χ4n) is 3.21. The van der Waals surface area contributed by atoms with Crippen molar-refractivity contribution in [3.63, 3.8) is 0 Å². The van der Waals surface area contributed by atoms with Gasteiger partial charge >= 0.3 is 5.63 Å². The molecule has 7 nitrogen and oxygen atoms in total. The zero-order valence-corrected chi connectivity index (χ0v) is 15.7. The lowest BCUT2D eigenvalue weighted by Crippen LogP contribution is -2.37. The predicted molar refractivity (Wildman–Crippen MR) is 107 cm³/mol. The Bertz CT molecular complexity index is 1200. The highest BCUT2D eigenvalue weighted by Crippen LogP contribution is 2.25. The third-order valence-electron chi connectivity index (χ3n) is 4.65. The van der Waals surface area contributed by atoms with E-state index in [1.165, 1.54) is 10.4 Å². The predicted octanol–water partition coefficient (Wildman–Crippen LogP) is 2.98. The highest BCUT2D eigenvalue weighted by atomic mass is 32.2. The topological polar surface area (TPSA) is 96.7 Å². The second-order valence-corrected chi connectivity index (χ2v) is 8.59. The number of para-hydroxylation sites is 1. The lowest BCUT2D eigenvalue weighted by molar-refractivity contribution is 0.102. The van der Waals surface area contributed by atoms with Crippen molar-refractivity contribution < 1.29 is 17.6 Å². The van der Waals surface area contributed by atoms with E-state index in [4.69, 9.17) is 4.42 Å². The Kier molecular flexibility index (Phi) is 4.64. The van der Waals surface area contributed by atoms with Crippen LogP contribution in [0.5, 0.6) is 0 Å². The van der Waals surface area contributed by atoms with E-state index in [0.717, 1.165) is 6.42 Å². The average molecular weight is 398 g/mol. The summed E-state index contributed by atoms with van der Waals surface area (Å²) < 4.78 is 30.9. The van der Waals surface area contributed by atoms with E-state index in [9.17, 15) is 18.0 Å². The molecule has 0 bridgehead atoms. The van der Waals surface area contributed by atoms with E-state index < -0.39 is 21.6 Å². The van der Waals surface area contributed by atoms with Crippen LogP contribution in [0.15, 0.2) is 63.8 Å². The molecule has 1 aliphatic heterocycles. The quantitative estimate of drug-likeness (QED) is 0.684. The van der Waals surface area contributed by atoms with Gasteiger partial charge in [-0.15, -0.1) is 0 Å². The van der Waals surface area contributed by atoms with Crippen molar-refractivity contribution in [2.24, 2.45) is 0 Å². The Balaban J connectivity index is 1.55. The Morgan fingerprint density at radius 3 is 2.54 bits per heavy atom. The van der Waals surface area contributed by atoms with Crippen molar-refractivity contribution in [2.45, 2.75) is 12.8 Å². The van der Waals surface area contributed by atoms with Crippen molar-refractivity contribution in [1.82, 2.24) is 0 Å². The molecule has 1 fully saturated rings. The molecule has 4 rings (SSSR count). The molecule has 1 N–H and O–H groups in total. The van der Waals surface area contributed by atoms with Crippen LogP contribution in [0.1, 0.15) is 23.2 Å². The first-order valence-electron chi connectivity index (χ1n) is 8.89. The molecule has 1 amide bonds. The molecule has 1 saturated heterocycles. The summed E-state index contributed by atoms with van der Waals surface area (Å²) in [6.45, 7) is 0.451. The minimum atomic E-state index is -3.29. The molecule has 0 aliphatic carbocycles. The Labute approximate surface area is 161 Å². The van der Waals surface area contributed by atoms with Crippen LogP contribution in [0.3, 0.4) is 0 Å². The number of nitrogens with zero attached hydrogens (tertiary/aromatic N) is 1. The third-order valence-corrected chi connectivity index (χ3v) is 6.52. The number of rotatable bonds is 3. The first-order valence-corrected chi connectivity index (χ1v) is 10.5. The number of anilines is 2. The minimum Gasteiger partial charge on any atom is -0.422 e. The van der Waals surface area contributed by atoms with Gasteiger partial charge < -0.3 is 9.73 Å². The molecular formula is C20H18N2O5S. The molecule has 3 aromatic rings. The molecule has 0 spiro atoms. The lowest BCUT2D eigenvalue weighted by atomic mass is 10.1. The van der Waals surface area contributed by atoms with Gasteiger partial charge in [-0.2, -0.15) is 0 Å². The minimum absolute atomic E-state index is 0.0959. The average Bonchev–Trinajstić information content (AvgIpc) is 2.68. The Morgan fingerprint density at radius 2 is 1.79 bits per heavy atom. The van der Waals surface area contributed by atoms with Crippen LogP contribution in [0.4, 0.5) is 11.4 Å². The Hall–Kier alpha value is -3.13.